The van der Waals surface area contributed by atoms with Gasteiger partial charge in [0.2, 0.25) is 5.71 Å². The van der Waals surface area contributed by atoms with Gasteiger partial charge in [0.1, 0.15) is 5.52 Å². The second kappa shape index (κ2) is 10.2. The molecule has 0 fully saturated rings. The summed E-state index contributed by atoms with van der Waals surface area (Å²) in [4.78, 5) is 9.76. The third kappa shape index (κ3) is 3.52. The number of furan rings is 1. The Balaban J connectivity index is 1.39. The molecular weight excluding hydrogens is 639 g/mol. The molecule has 0 atom stereocenters. The molecule has 0 bridgehead atoms. The minimum absolute atomic E-state index is 0.501. The minimum atomic E-state index is 0.501. The van der Waals surface area contributed by atoms with E-state index in [2.05, 4.69) is 165 Å². The molecule has 0 aliphatic rings. The normalized spacial score (nSPS) is 12.2. The molecule has 6 heteroatoms. The number of hydrogen-bond acceptors (Lipinski definition) is 3. The van der Waals surface area contributed by atoms with Crippen molar-refractivity contribution in [3.8, 4) is 17.1 Å². The molecule has 5 heterocycles. The maximum absolute atomic E-state index is 6.90. The monoisotopic (exact) mass is 665 g/mol. The van der Waals surface area contributed by atoms with Gasteiger partial charge in [-0.2, -0.15) is 0 Å². The molecule has 52 heavy (non-hydrogen) atoms. The van der Waals surface area contributed by atoms with Crippen LogP contribution in [0.15, 0.2) is 168 Å². The molecule has 0 saturated heterocycles. The van der Waals surface area contributed by atoms with Gasteiger partial charge < -0.3 is 18.1 Å². The first-order chi connectivity index (χ1) is 25.8. The fraction of sp³-hybridized carbons (Fsp3) is 0. The van der Waals surface area contributed by atoms with Crippen LogP contribution in [0.5, 0.6) is 0 Å². The van der Waals surface area contributed by atoms with Crippen LogP contribution >= 0.6 is 0 Å². The van der Waals surface area contributed by atoms with Gasteiger partial charge in [-0.1, -0.05) is 109 Å². The molecule has 5 aromatic heterocycles. The highest BCUT2D eigenvalue weighted by atomic mass is 16.3. The maximum atomic E-state index is 6.90. The SMILES string of the molecule is c1ccc2c(c1)c1ccccc1n2-c1cc(-n2c3ccccc3c3ccccc32)c2oc3nccnc3c2c1-n1c2ccccc2c2ccccc21. The lowest BCUT2D eigenvalue weighted by atomic mass is 10.1. The molecule has 0 saturated carbocycles. The predicted octanol–water partition coefficient (Wildman–Crippen LogP) is 11.7. The molecule has 242 valence electrons. The van der Waals surface area contributed by atoms with Crippen LogP contribution < -0.4 is 0 Å². The largest absolute Gasteiger partial charge is 0.434 e. The zero-order valence-corrected chi connectivity index (χ0v) is 27.7. The summed E-state index contributed by atoms with van der Waals surface area (Å²) in [6.45, 7) is 0. The quantitative estimate of drug-likeness (QED) is 0.189. The lowest BCUT2D eigenvalue weighted by Crippen LogP contribution is -2.07. The van der Waals surface area contributed by atoms with E-state index in [0.29, 0.717) is 5.71 Å². The molecule has 12 aromatic rings. The topological polar surface area (TPSA) is 53.7 Å². The first-order valence-electron chi connectivity index (χ1n) is 17.5. The Kier molecular flexibility index (Phi) is 5.41. The van der Waals surface area contributed by atoms with Crippen LogP contribution in [0, 0.1) is 0 Å². The molecule has 0 aliphatic heterocycles. The molecule has 0 spiro atoms. The molecule has 0 unspecified atom stereocenters. The highest BCUT2D eigenvalue weighted by molar-refractivity contribution is 6.19. The van der Waals surface area contributed by atoms with Crippen LogP contribution in [0.25, 0.3) is 105 Å². The molecule has 0 radical (unpaired) electrons. The van der Waals surface area contributed by atoms with E-state index in [4.69, 9.17) is 14.4 Å². The predicted molar refractivity (Wildman–Crippen MR) is 212 cm³/mol. The van der Waals surface area contributed by atoms with Crippen molar-refractivity contribution in [1.29, 1.82) is 0 Å². The smallest absolute Gasteiger partial charge is 0.246 e. The van der Waals surface area contributed by atoms with Crippen molar-refractivity contribution in [1.82, 2.24) is 23.7 Å². The van der Waals surface area contributed by atoms with Gasteiger partial charge in [-0.25, -0.2) is 9.97 Å². The van der Waals surface area contributed by atoms with Gasteiger partial charge in [0.05, 0.1) is 55.5 Å². The average molecular weight is 666 g/mol. The molecule has 0 N–H and O–H groups in total. The zero-order valence-electron chi connectivity index (χ0n) is 27.7. The summed E-state index contributed by atoms with van der Waals surface area (Å²) in [6.07, 6.45) is 3.47. The van der Waals surface area contributed by atoms with E-state index in [0.717, 1.165) is 66.6 Å². The van der Waals surface area contributed by atoms with Gasteiger partial charge >= 0.3 is 0 Å². The number of fused-ring (bicyclic) bond motifs is 12. The number of aromatic nitrogens is 5. The summed E-state index contributed by atoms with van der Waals surface area (Å²) >= 11 is 0. The highest BCUT2D eigenvalue weighted by Crippen LogP contribution is 2.46. The molecule has 7 aromatic carbocycles. The standard InChI is InChI=1S/C46H27N5O/c1-7-19-34-28(13-1)29-14-2-8-20-35(29)49(34)40-27-41(50-36-21-9-3-15-30(36)31-16-4-10-22-37(31)50)45-42(43-46(52-45)48-26-25-47-43)44(40)51-38-23-11-5-17-32(38)33-18-6-12-24-39(33)51/h1-27H. The Morgan fingerprint density at radius 3 is 1.19 bits per heavy atom. The Hall–Kier alpha value is -7.18. The molecule has 6 nitrogen and oxygen atoms in total. The van der Waals surface area contributed by atoms with E-state index in [-0.39, 0.29) is 0 Å². The van der Waals surface area contributed by atoms with E-state index in [1.807, 2.05) is 0 Å². The van der Waals surface area contributed by atoms with Gasteiger partial charge in [-0.3, -0.25) is 0 Å². The van der Waals surface area contributed by atoms with Crippen molar-refractivity contribution in [3.05, 3.63) is 164 Å². The summed E-state index contributed by atoms with van der Waals surface area (Å²) in [5, 5.41) is 8.04. The lowest BCUT2D eigenvalue weighted by molar-refractivity contribution is 0.650. The zero-order chi connectivity index (χ0) is 33.9. The van der Waals surface area contributed by atoms with Crippen molar-refractivity contribution in [3.63, 3.8) is 0 Å². The molecule has 0 aliphatic carbocycles. The van der Waals surface area contributed by atoms with E-state index >= 15 is 0 Å². The number of para-hydroxylation sites is 6. The van der Waals surface area contributed by atoms with E-state index in [1.54, 1.807) is 12.4 Å². The van der Waals surface area contributed by atoms with Crippen molar-refractivity contribution in [2.24, 2.45) is 0 Å². The molecular formula is C46H27N5O. The third-order valence-corrected chi connectivity index (χ3v) is 10.8. The Labute approximate surface area is 296 Å². The highest BCUT2D eigenvalue weighted by Gasteiger charge is 2.28. The van der Waals surface area contributed by atoms with Crippen molar-refractivity contribution >= 4 is 87.6 Å². The Morgan fingerprint density at radius 2 is 0.750 bits per heavy atom. The third-order valence-electron chi connectivity index (χ3n) is 10.8. The van der Waals surface area contributed by atoms with Gasteiger partial charge in [0, 0.05) is 44.7 Å². The second-order valence-corrected chi connectivity index (χ2v) is 13.4. The van der Waals surface area contributed by atoms with E-state index < -0.39 is 0 Å². The fourth-order valence-electron chi connectivity index (χ4n) is 8.71. The number of benzene rings is 7. The van der Waals surface area contributed by atoms with Gasteiger partial charge in [0.25, 0.3) is 0 Å². The summed E-state index contributed by atoms with van der Waals surface area (Å²) in [6, 6.07) is 54.3. The Morgan fingerprint density at radius 1 is 0.385 bits per heavy atom. The Bertz CT molecular complexity index is 3270. The average Bonchev–Trinajstić information content (AvgIpc) is 3.95. The first-order valence-corrected chi connectivity index (χ1v) is 17.5. The van der Waals surface area contributed by atoms with Crippen LogP contribution in [0.1, 0.15) is 0 Å². The van der Waals surface area contributed by atoms with E-state index in [1.165, 1.54) is 32.3 Å². The molecule has 0 amide bonds. The number of nitrogens with zero attached hydrogens (tertiary/aromatic N) is 5. The van der Waals surface area contributed by atoms with Crippen LogP contribution in [0.2, 0.25) is 0 Å². The van der Waals surface area contributed by atoms with Crippen LogP contribution in [-0.4, -0.2) is 23.7 Å². The van der Waals surface area contributed by atoms with Gasteiger partial charge in [-0.05, 0) is 42.5 Å². The number of hydrogen-bond donors (Lipinski definition) is 0. The summed E-state index contributed by atoms with van der Waals surface area (Å²) < 4.78 is 14.1. The van der Waals surface area contributed by atoms with Gasteiger partial charge in [0.15, 0.2) is 5.58 Å². The minimum Gasteiger partial charge on any atom is -0.434 e. The van der Waals surface area contributed by atoms with Gasteiger partial charge in [-0.15, -0.1) is 0 Å². The van der Waals surface area contributed by atoms with Crippen molar-refractivity contribution < 1.29 is 4.42 Å². The maximum Gasteiger partial charge on any atom is 0.246 e. The van der Waals surface area contributed by atoms with Crippen molar-refractivity contribution in [2.45, 2.75) is 0 Å². The summed E-state index contributed by atoms with van der Waals surface area (Å²) in [5.74, 6) is 0. The second-order valence-electron chi connectivity index (χ2n) is 13.4. The summed E-state index contributed by atoms with van der Waals surface area (Å²) in [5.41, 5.74) is 11.5. The van der Waals surface area contributed by atoms with E-state index in [9.17, 15) is 0 Å². The fourth-order valence-corrected chi connectivity index (χ4v) is 8.71. The lowest BCUT2D eigenvalue weighted by Gasteiger charge is -2.20. The van der Waals surface area contributed by atoms with Crippen LogP contribution in [-0.2, 0) is 0 Å². The van der Waals surface area contributed by atoms with Crippen LogP contribution in [0.3, 0.4) is 0 Å². The first kappa shape index (κ1) is 27.6. The summed E-state index contributed by atoms with van der Waals surface area (Å²) in [7, 11) is 0. The van der Waals surface area contributed by atoms with Crippen LogP contribution in [0.4, 0.5) is 0 Å². The van der Waals surface area contributed by atoms with Crippen molar-refractivity contribution in [2.75, 3.05) is 0 Å². The molecule has 12 rings (SSSR count). The number of rotatable bonds is 3.